The molecule has 0 saturated heterocycles. The van der Waals surface area contributed by atoms with Gasteiger partial charge in [-0.2, -0.15) is 14.0 Å². The zero-order valence-electron chi connectivity index (χ0n) is 8.61. The Morgan fingerprint density at radius 3 is 2.65 bits per heavy atom. The van der Waals surface area contributed by atoms with Gasteiger partial charge in [0.15, 0.2) is 0 Å². The third-order valence-electron chi connectivity index (χ3n) is 1.86. The number of benzene rings is 1. The normalized spacial score (nSPS) is 9.82. The number of halogens is 2. The van der Waals surface area contributed by atoms with Gasteiger partial charge in [0.2, 0.25) is 0 Å². The molecule has 17 heavy (non-hydrogen) atoms. The van der Waals surface area contributed by atoms with Crippen LogP contribution in [0.3, 0.4) is 0 Å². The van der Waals surface area contributed by atoms with Crippen LogP contribution in [0, 0.1) is 11.3 Å². The van der Waals surface area contributed by atoms with Crippen LogP contribution in [0.2, 0.25) is 0 Å². The number of phenols is 1. The first kappa shape index (κ1) is 12.7. The predicted octanol–water partition coefficient (Wildman–Crippen LogP) is 1.65. The first-order chi connectivity index (χ1) is 8.01. The van der Waals surface area contributed by atoms with Gasteiger partial charge < -0.3 is 14.6 Å². The maximum absolute atomic E-state index is 12.1. The van der Waals surface area contributed by atoms with Crippen LogP contribution < -0.4 is 4.74 Å². The minimum atomic E-state index is -3.16. The summed E-state index contributed by atoms with van der Waals surface area (Å²) in [6.07, 6.45) is 0. The van der Waals surface area contributed by atoms with Crippen LogP contribution in [0.15, 0.2) is 12.1 Å². The van der Waals surface area contributed by atoms with E-state index in [1.807, 2.05) is 0 Å². The second-order valence-corrected chi connectivity index (χ2v) is 2.81. The van der Waals surface area contributed by atoms with Gasteiger partial charge in [-0.1, -0.05) is 0 Å². The number of hydrogen-bond donors (Lipinski definition) is 1. The van der Waals surface area contributed by atoms with E-state index in [9.17, 15) is 18.7 Å². The third-order valence-corrected chi connectivity index (χ3v) is 1.86. The van der Waals surface area contributed by atoms with Crippen LogP contribution in [0.5, 0.6) is 11.5 Å². The Kier molecular flexibility index (Phi) is 3.82. The lowest BCUT2D eigenvalue weighted by Gasteiger charge is -2.11. The largest absolute Gasteiger partial charge is 0.507 e. The minimum absolute atomic E-state index is 0.477. The van der Waals surface area contributed by atoms with Crippen molar-refractivity contribution in [3.63, 3.8) is 0 Å². The summed E-state index contributed by atoms with van der Waals surface area (Å²) >= 11 is 0. The van der Waals surface area contributed by atoms with Gasteiger partial charge in [0, 0.05) is 0 Å². The van der Waals surface area contributed by atoms with Gasteiger partial charge in [0.1, 0.15) is 28.7 Å². The molecule has 0 heterocycles. The van der Waals surface area contributed by atoms with Crippen molar-refractivity contribution in [3.05, 3.63) is 23.3 Å². The van der Waals surface area contributed by atoms with Gasteiger partial charge in [-0.3, -0.25) is 0 Å². The molecule has 0 radical (unpaired) electrons. The van der Waals surface area contributed by atoms with E-state index in [-0.39, 0.29) is 0 Å². The van der Waals surface area contributed by atoms with Crippen molar-refractivity contribution in [1.82, 2.24) is 0 Å². The monoisotopic (exact) mass is 243 g/mol. The maximum atomic E-state index is 12.1. The zero-order chi connectivity index (χ0) is 13.0. The molecule has 0 aliphatic heterocycles. The van der Waals surface area contributed by atoms with E-state index in [0.29, 0.717) is 0 Å². The number of rotatable bonds is 3. The van der Waals surface area contributed by atoms with E-state index in [4.69, 9.17) is 5.26 Å². The van der Waals surface area contributed by atoms with Gasteiger partial charge in [-0.25, -0.2) is 4.79 Å². The van der Waals surface area contributed by atoms with Crippen molar-refractivity contribution < 1.29 is 28.2 Å². The number of phenolic OH excluding ortho intramolecular Hbond substituents is 1. The van der Waals surface area contributed by atoms with Gasteiger partial charge in [0.05, 0.1) is 7.11 Å². The number of ether oxygens (including phenoxy) is 2. The molecule has 0 unspecified atom stereocenters. The SMILES string of the molecule is COC(=O)c1c(OC(F)F)ccc(O)c1C#N. The summed E-state index contributed by atoms with van der Waals surface area (Å²) in [5.74, 6) is -2.09. The highest BCUT2D eigenvalue weighted by Gasteiger charge is 2.23. The molecular formula is C10H7F2NO4. The molecule has 0 bridgehead atoms. The van der Waals surface area contributed by atoms with Crippen LogP contribution in [0.25, 0.3) is 0 Å². The minimum Gasteiger partial charge on any atom is -0.507 e. The Morgan fingerprint density at radius 2 is 2.18 bits per heavy atom. The summed E-state index contributed by atoms with van der Waals surface area (Å²) < 4.78 is 32.6. The third kappa shape index (κ3) is 2.60. The van der Waals surface area contributed by atoms with Gasteiger partial charge in [-0.15, -0.1) is 0 Å². The molecule has 7 heteroatoms. The maximum Gasteiger partial charge on any atom is 0.387 e. The predicted molar refractivity (Wildman–Crippen MR) is 50.8 cm³/mol. The fraction of sp³-hybridized carbons (Fsp3) is 0.200. The van der Waals surface area contributed by atoms with E-state index in [1.54, 1.807) is 0 Å². The fourth-order valence-corrected chi connectivity index (χ4v) is 1.18. The van der Waals surface area contributed by atoms with Gasteiger partial charge in [0.25, 0.3) is 0 Å². The number of carbonyl (C=O) groups is 1. The topological polar surface area (TPSA) is 79.6 Å². The summed E-state index contributed by atoms with van der Waals surface area (Å²) in [4.78, 5) is 11.3. The standard InChI is InChI=1S/C10H7F2NO4/c1-16-9(15)8-5(4-13)6(14)2-3-7(8)17-10(11)12/h2-3,10,14H,1H3. The summed E-state index contributed by atoms with van der Waals surface area (Å²) in [6, 6.07) is 3.44. The van der Waals surface area contributed by atoms with Crippen LogP contribution >= 0.6 is 0 Å². The average Bonchev–Trinajstić information content (AvgIpc) is 2.29. The van der Waals surface area contributed by atoms with E-state index in [0.717, 1.165) is 19.2 Å². The molecule has 0 aliphatic carbocycles. The van der Waals surface area contributed by atoms with E-state index in [1.165, 1.54) is 6.07 Å². The summed E-state index contributed by atoms with van der Waals surface area (Å²) in [7, 11) is 1.01. The molecule has 0 aromatic heterocycles. The van der Waals surface area contributed by atoms with Crippen molar-refractivity contribution in [2.75, 3.05) is 7.11 Å². The van der Waals surface area contributed by atoms with Crippen LogP contribution in [-0.4, -0.2) is 24.8 Å². The molecule has 1 aromatic carbocycles. The highest BCUT2D eigenvalue weighted by Crippen LogP contribution is 2.30. The molecule has 0 fully saturated rings. The van der Waals surface area contributed by atoms with Crippen LogP contribution in [0.1, 0.15) is 15.9 Å². The smallest absolute Gasteiger partial charge is 0.387 e. The highest BCUT2D eigenvalue weighted by atomic mass is 19.3. The summed E-state index contributed by atoms with van der Waals surface area (Å²) in [5.41, 5.74) is -1.01. The summed E-state index contributed by atoms with van der Waals surface area (Å²) in [6.45, 7) is -3.16. The van der Waals surface area contributed by atoms with E-state index >= 15 is 0 Å². The first-order valence-electron chi connectivity index (χ1n) is 4.30. The molecule has 0 spiro atoms. The number of methoxy groups -OCH3 is 1. The number of aromatic hydroxyl groups is 1. The lowest BCUT2D eigenvalue weighted by molar-refractivity contribution is -0.0504. The molecular weight excluding hydrogens is 236 g/mol. The lowest BCUT2D eigenvalue weighted by atomic mass is 10.1. The molecule has 0 saturated carbocycles. The molecule has 1 rings (SSSR count). The Labute approximate surface area is 94.8 Å². The Morgan fingerprint density at radius 1 is 1.53 bits per heavy atom. The second-order valence-electron chi connectivity index (χ2n) is 2.81. The Hall–Kier alpha value is -2.36. The number of nitriles is 1. The quantitative estimate of drug-likeness (QED) is 0.816. The molecule has 90 valence electrons. The number of alkyl halides is 2. The Bertz CT molecular complexity index is 482. The molecule has 0 aliphatic rings. The average molecular weight is 243 g/mol. The van der Waals surface area contributed by atoms with E-state index in [2.05, 4.69) is 9.47 Å². The molecule has 5 nitrogen and oxygen atoms in total. The number of carbonyl (C=O) groups excluding carboxylic acids is 1. The summed E-state index contributed by atoms with van der Waals surface area (Å²) in [5, 5.41) is 18.1. The van der Waals surface area contributed by atoms with Crippen molar-refractivity contribution in [2.24, 2.45) is 0 Å². The fourth-order valence-electron chi connectivity index (χ4n) is 1.18. The van der Waals surface area contributed by atoms with Gasteiger partial charge in [-0.05, 0) is 12.1 Å². The van der Waals surface area contributed by atoms with E-state index < -0.39 is 35.2 Å². The first-order valence-corrected chi connectivity index (χ1v) is 4.30. The molecule has 0 atom stereocenters. The molecule has 0 amide bonds. The van der Waals surface area contributed by atoms with Gasteiger partial charge >= 0.3 is 12.6 Å². The highest BCUT2D eigenvalue weighted by molar-refractivity contribution is 5.96. The molecule has 1 N–H and O–H groups in total. The lowest BCUT2D eigenvalue weighted by Crippen LogP contribution is -2.11. The van der Waals surface area contributed by atoms with Crippen LogP contribution in [0.4, 0.5) is 8.78 Å². The Balaban J connectivity index is 3.41. The van der Waals surface area contributed by atoms with Crippen molar-refractivity contribution >= 4 is 5.97 Å². The van der Waals surface area contributed by atoms with Crippen molar-refractivity contribution in [3.8, 4) is 17.6 Å². The molecule has 1 aromatic rings. The number of esters is 1. The number of hydrogen-bond acceptors (Lipinski definition) is 5. The second kappa shape index (κ2) is 5.12. The van der Waals surface area contributed by atoms with Crippen LogP contribution in [-0.2, 0) is 4.74 Å². The zero-order valence-corrected chi connectivity index (χ0v) is 8.61. The van der Waals surface area contributed by atoms with Crippen molar-refractivity contribution in [2.45, 2.75) is 6.61 Å². The number of nitrogens with zero attached hydrogens (tertiary/aromatic N) is 1. The van der Waals surface area contributed by atoms with Crippen molar-refractivity contribution in [1.29, 1.82) is 5.26 Å².